The molecule has 0 unspecified atom stereocenters. The van der Waals surface area contributed by atoms with Crippen LogP contribution in [0.25, 0.3) is 0 Å². The number of aliphatic carboxylic acids is 1. The molecule has 1 fully saturated rings. The monoisotopic (exact) mass is 254 g/mol. The smallest absolute Gasteiger partial charge is 0.322 e. The normalized spacial score (nSPS) is 16.8. The van der Waals surface area contributed by atoms with Gasteiger partial charge in [-0.1, -0.05) is 0 Å². The van der Waals surface area contributed by atoms with Crippen molar-refractivity contribution in [3.63, 3.8) is 0 Å². The lowest BCUT2D eigenvalue weighted by Crippen LogP contribution is -2.54. The van der Waals surface area contributed by atoms with Gasteiger partial charge in [-0.3, -0.25) is 9.59 Å². The highest BCUT2D eigenvalue weighted by atomic mass is 19.1. The second kappa shape index (κ2) is 4.38. The Balaban J connectivity index is 2.45. The molecule has 0 saturated carbocycles. The van der Waals surface area contributed by atoms with E-state index in [9.17, 15) is 14.0 Å². The SMILES string of the molecule is COc1ccc(F)cc1C(=O)C1(C(=O)O)COC1. The molecule has 2 rings (SSSR count). The molecule has 0 aliphatic carbocycles. The Bertz CT molecular complexity index is 507. The van der Waals surface area contributed by atoms with Gasteiger partial charge in [0, 0.05) is 0 Å². The number of carboxylic acids is 1. The molecule has 0 amide bonds. The fraction of sp³-hybridized carbons (Fsp3) is 0.333. The van der Waals surface area contributed by atoms with Gasteiger partial charge in [-0.05, 0) is 18.2 Å². The molecule has 0 bridgehead atoms. The Kier molecular flexibility index (Phi) is 3.04. The van der Waals surface area contributed by atoms with Crippen molar-refractivity contribution in [3.05, 3.63) is 29.6 Å². The zero-order chi connectivity index (χ0) is 13.3. The maximum atomic E-state index is 13.2. The predicted molar refractivity (Wildman–Crippen MR) is 58.2 cm³/mol. The van der Waals surface area contributed by atoms with E-state index in [4.69, 9.17) is 14.6 Å². The Hall–Kier alpha value is -1.95. The van der Waals surface area contributed by atoms with Crippen molar-refractivity contribution in [2.75, 3.05) is 20.3 Å². The maximum absolute atomic E-state index is 13.2. The van der Waals surface area contributed by atoms with Gasteiger partial charge in [0.05, 0.1) is 25.9 Å². The number of carbonyl (C=O) groups excluding carboxylic acids is 1. The second-order valence-corrected chi connectivity index (χ2v) is 4.05. The van der Waals surface area contributed by atoms with Crippen LogP contribution in [0.4, 0.5) is 4.39 Å². The van der Waals surface area contributed by atoms with Crippen LogP contribution in [-0.4, -0.2) is 37.2 Å². The zero-order valence-electron chi connectivity index (χ0n) is 9.60. The lowest BCUT2D eigenvalue weighted by Gasteiger charge is -2.35. The fourth-order valence-corrected chi connectivity index (χ4v) is 1.77. The van der Waals surface area contributed by atoms with Crippen molar-refractivity contribution in [1.82, 2.24) is 0 Å². The van der Waals surface area contributed by atoms with Gasteiger partial charge in [-0.2, -0.15) is 0 Å². The summed E-state index contributed by atoms with van der Waals surface area (Å²) in [4.78, 5) is 23.4. The maximum Gasteiger partial charge on any atom is 0.322 e. The van der Waals surface area contributed by atoms with Crippen molar-refractivity contribution in [3.8, 4) is 5.75 Å². The number of carboxylic acid groups (broad SMARTS) is 1. The lowest BCUT2D eigenvalue weighted by molar-refractivity contribution is -0.169. The van der Waals surface area contributed by atoms with Crippen molar-refractivity contribution in [2.45, 2.75) is 0 Å². The number of halogens is 1. The summed E-state index contributed by atoms with van der Waals surface area (Å²) in [5, 5.41) is 9.11. The molecule has 0 spiro atoms. The molecule has 0 aromatic heterocycles. The number of methoxy groups -OCH3 is 1. The summed E-state index contributed by atoms with van der Waals surface area (Å²) >= 11 is 0. The van der Waals surface area contributed by atoms with Crippen molar-refractivity contribution < 1.29 is 28.6 Å². The highest BCUT2D eigenvalue weighted by Gasteiger charge is 2.53. The molecule has 18 heavy (non-hydrogen) atoms. The quantitative estimate of drug-likeness (QED) is 0.643. The molecule has 1 aliphatic heterocycles. The second-order valence-electron chi connectivity index (χ2n) is 4.05. The minimum Gasteiger partial charge on any atom is -0.496 e. The van der Waals surface area contributed by atoms with Crippen LogP contribution in [0.2, 0.25) is 0 Å². The van der Waals surface area contributed by atoms with E-state index in [1.165, 1.54) is 13.2 Å². The molecule has 5 nitrogen and oxygen atoms in total. The Morgan fingerprint density at radius 3 is 2.56 bits per heavy atom. The minimum absolute atomic E-state index is 0.0804. The van der Waals surface area contributed by atoms with Gasteiger partial charge in [0.15, 0.2) is 11.2 Å². The van der Waals surface area contributed by atoms with E-state index in [1.807, 2.05) is 0 Å². The fourth-order valence-electron chi connectivity index (χ4n) is 1.77. The first-order chi connectivity index (χ1) is 8.51. The molecule has 1 N–H and O–H groups in total. The summed E-state index contributed by atoms with van der Waals surface area (Å²) in [6, 6.07) is 3.40. The highest BCUT2D eigenvalue weighted by Crippen LogP contribution is 2.35. The third-order valence-corrected chi connectivity index (χ3v) is 2.95. The number of rotatable bonds is 4. The summed E-state index contributed by atoms with van der Waals surface area (Å²) in [5.74, 6) is -2.45. The number of hydrogen-bond acceptors (Lipinski definition) is 4. The van der Waals surface area contributed by atoms with Crippen LogP contribution in [0.5, 0.6) is 5.75 Å². The van der Waals surface area contributed by atoms with E-state index in [2.05, 4.69) is 0 Å². The number of hydrogen-bond donors (Lipinski definition) is 1. The Morgan fingerprint density at radius 1 is 1.44 bits per heavy atom. The van der Waals surface area contributed by atoms with Gasteiger partial charge in [0.1, 0.15) is 11.6 Å². The lowest BCUT2D eigenvalue weighted by atomic mass is 9.78. The highest BCUT2D eigenvalue weighted by molar-refractivity contribution is 6.14. The van der Waals surface area contributed by atoms with Crippen LogP contribution in [-0.2, 0) is 9.53 Å². The van der Waals surface area contributed by atoms with Gasteiger partial charge >= 0.3 is 5.97 Å². The van der Waals surface area contributed by atoms with Crippen LogP contribution >= 0.6 is 0 Å². The topological polar surface area (TPSA) is 72.8 Å². The van der Waals surface area contributed by atoms with Crippen LogP contribution in [0.3, 0.4) is 0 Å². The van der Waals surface area contributed by atoms with E-state index in [0.29, 0.717) is 0 Å². The first kappa shape index (κ1) is 12.5. The van der Waals surface area contributed by atoms with Crippen LogP contribution in [0.1, 0.15) is 10.4 Å². The van der Waals surface area contributed by atoms with Crippen molar-refractivity contribution >= 4 is 11.8 Å². The van der Waals surface area contributed by atoms with Crippen LogP contribution < -0.4 is 4.74 Å². The molecular weight excluding hydrogens is 243 g/mol. The molecule has 96 valence electrons. The van der Waals surface area contributed by atoms with Crippen molar-refractivity contribution in [2.24, 2.45) is 5.41 Å². The molecule has 1 saturated heterocycles. The molecule has 0 radical (unpaired) electrons. The van der Waals surface area contributed by atoms with E-state index in [1.54, 1.807) is 0 Å². The van der Waals surface area contributed by atoms with E-state index in [-0.39, 0.29) is 24.5 Å². The Labute approximate surface area is 102 Å². The van der Waals surface area contributed by atoms with Crippen molar-refractivity contribution in [1.29, 1.82) is 0 Å². The summed E-state index contributed by atoms with van der Waals surface area (Å²) < 4.78 is 22.9. The standard InChI is InChI=1S/C12H11FO5/c1-17-9-3-2-7(13)4-8(9)10(14)12(11(15)16)5-18-6-12/h2-4H,5-6H2,1H3,(H,15,16). The van der Waals surface area contributed by atoms with Gasteiger partial charge in [0.25, 0.3) is 0 Å². The Morgan fingerprint density at radius 2 is 2.11 bits per heavy atom. The van der Waals surface area contributed by atoms with E-state index in [0.717, 1.165) is 12.1 Å². The van der Waals surface area contributed by atoms with Crippen LogP contribution in [0.15, 0.2) is 18.2 Å². The summed E-state index contributed by atoms with van der Waals surface area (Å²) in [6.45, 7) is -0.415. The van der Waals surface area contributed by atoms with Gasteiger partial charge in [0.2, 0.25) is 0 Å². The first-order valence-electron chi connectivity index (χ1n) is 5.21. The summed E-state index contributed by atoms with van der Waals surface area (Å²) in [5.41, 5.74) is -1.70. The molecule has 1 aromatic rings. The molecule has 0 atom stereocenters. The third kappa shape index (κ3) is 1.74. The predicted octanol–water partition coefficient (Wildman–Crippen LogP) is 1.12. The number of ether oxygens (including phenoxy) is 2. The molecule has 1 aromatic carbocycles. The van der Waals surface area contributed by atoms with Gasteiger partial charge in [-0.15, -0.1) is 0 Å². The first-order valence-corrected chi connectivity index (χ1v) is 5.21. The average Bonchev–Trinajstić information content (AvgIpc) is 2.26. The molecule has 1 heterocycles. The average molecular weight is 254 g/mol. The number of carbonyl (C=O) groups is 2. The zero-order valence-corrected chi connectivity index (χ0v) is 9.60. The number of Topliss-reactive ketones (excluding diaryl/α,β-unsaturated/α-hetero) is 1. The van der Waals surface area contributed by atoms with Gasteiger partial charge < -0.3 is 14.6 Å². The largest absolute Gasteiger partial charge is 0.496 e. The van der Waals surface area contributed by atoms with E-state index >= 15 is 0 Å². The molecular formula is C12H11FO5. The minimum atomic E-state index is -1.62. The third-order valence-electron chi connectivity index (χ3n) is 2.95. The molecule has 1 aliphatic rings. The van der Waals surface area contributed by atoms with Crippen LogP contribution in [0, 0.1) is 11.2 Å². The number of ketones is 1. The summed E-state index contributed by atoms with van der Waals surface area (Å²) in [6.07, 6.45) is 0. The van der Waals surface area contributed by atoms with Gasteiger partial charge in [-0.25, -0.2) is 4.39 Å². The van der Waals surface area contributed by atoms with E-state index < -0.39 is 23.0 Å². The number of benzene rings is 1. The molecule has 6 heteroatoms. The summed E-state index contributed by atoms with van der Waals surface area (Å²) in [7, 11) is 1.33.